The SMILES string of the molecule is Cc1cc([N+](=O)[O-])c(S(=O)(=O)N2CCC[C@@H](N)C2)cc1C.Cl. The molecular formula is C13H20ClN3O4S. The van der Waals surface area contributed by atoms with Crippen LogP contribution in [0.2, 0.25) is 0 Å². The van der Waals surface area contributed by atoms with Crippen molar-refractivity contribution in [2.45, 2.75) is 37.6 Å². The van der Waals surface area contributed by atoms with E-state index in [1.165, 1.54) is 16.4 Å². The van der Waals surface area contributed by atoms with E-state index in [0.29, 0.717) is 24.1 Å². The predicted molar refractivity (Wildman–Crippen MR) is 85.8 cm³/mol. The largest absolute Gasteiger partial charge is 0.327 e. The van der Waals surface area contributed by atoms with Gasteiger partial charge in [0.1, 0.15) is 0 Å². The molecule has 2 N–H and O–H groups in total. The quantitative estimate of drug-likeness (QED) is 0.660. The maximum Gasteiger partial charge on any atom is 0.289 e. The number of halogens is 1. The molecule has 1 aromatic carbocycles. The van der Waals surface area contributed by atoms with E-state index in [4.69, 9.17) is 5.73 Å². The first-order valence-corrected chi connectivity index (χ1v) is 8.19. The number of sulfonamides is 1. The summed E-state index contributed by atoms with van der Waals surface area (Å²) in [5.74, 6) is 0. The van der Waals surface area contributed by atoms with Crippen molar-refractivity contribution < 1.29 is 13.3 Å². The fraction of sp³-hybridized carbons (Fsp3) is 0.538. The molecule has 0 bridgehead atoms. The van der Waals surface area contributed by atoms with Crippen LogP contribution in [-0.2, 0) is 10.0 Å². The topological polar surface area (TPSA) is 107 Å². The number of piperidine rings is 1. The second-order valence-electron chi connectivity index (χ2n) is 5.43. The van der Waals surface area contributed by atoms with Gasteiger partial charge in [0.15, 0.2) is 4.90 Å². The Kier molecular flexibility index (Phi) is 5.91. The molecule has 124 valence electrons. The Hall–Kier alpha value is -1.22. The maximum absolute atomic E-state index is 12.7. The van der Waals surface area contributed by atoms with Gasteiger partial charge < -0.3 is 5.73 Å². The van der Waals surface area contributed by atoms with Crippen molar-refractivity contribution >= 4 is 28.1 Å². The molecule has 1 aromatic rings. The third kappa shape index (κ3) is 3.57. The van der Waals surface area contributed by atoms with Crippen LogP contribution in [0.4, 0.5) is 5.69 Å². The lowest BCUT2D eigenvalue weighted by Crippen LogP contribution is -2.45. The second kappa shape index (κ2) is 6.91. The van der Waals surface area contributed by atoms with Gasteiger partial charge >= 0.3 is 0 Å². The third-order valence-electron chi connectivity index (χ3n) is 3.81. The van der Waals surface area contributed by atoms with Crippen molar-refractivity contribution in [3.05, 3.63) is 33.4 Å². The minimum atomic E-state index is -3.90. The summed E-state index contributed by atoms with van der Waals surface area (Å²) in [5, 5.41) is 11.2. The van der Waals surface area contributed by atoms with Crippen LogP contribution in [0.25, 0.3) is 0 Å². The van der Waals surface area contributed by atoms with E-state index in [1.807, 2.05) is 0 Å². The smallest absolute Gasteiger partial charge is 0.289 e. The van der Waals surface area contributed by atoms with Gasteiger partial charge in [-0.15, -0.1) is 12.4 Å². The van der Waals surface area contributed by atoms with Crippen LogP contribution in [0.15, 0.2) is 17.0 Å². The lowest BCUT2D eigenvalue weighted by Gasteiger charge is -2.29. The summed E-state index contributed by atoms with van der Waals surface area (Å²) in [7, 11) is -3.90. The van der Waals surface area contributed by atoms with Gasteiger partial charge in [0.25, 0.3) is 5.69 Å². The number of benzene rings is 1. The molecule has 1 aliphatic rings. The van der Waals surface area contributed by atoms with Crippen molar-refractivity contribution in [2.24, 2.45) is 5.73 Å². The average Bonchev–Trinajstić information content (AvgIpc) is 2.41. The Morgan fingerprint density at radius 1 is 1.32 bits per heavy atom. The van der Waals surface area contributed by atoms with Crippen LogP contribution in [0.3, 0.4) is 0 Å². The number of nitrogens with two attached hydrogens (primary N) is 1. The molecule has 2 rings (SSSR count). The van der Waals surface area contributed by atoms with Gasteiger partial charge in [-0.05, 0) is 43.9 Å². The van der Waals surface area contributed by atoms with Gasteiger partial charge in [-0.3, -0.25) is 10.1 Å². The molecule has 1 fully saturated rings. The van der Waals surface area contributed by atoms with Crippen LogP contribution in [0, 0.1) is 24.0 Å². The van der Waals surface area contributed by atoms with Gasteiger partial charge in [-0.1, -0.05) is 0 Å². The van der Waals surface area contributed by atoms with Crippen LogP contribution < -0.4 is 5.73 Å². The van der Waals surface area contributed by atoms with E-state index in [-0.39, 0.29) is 35.6 Å². The molecule has 1 saturated heterocycles. The fourth-order valence-corrected chi connectivity index (χ4v) is 4.21. The van der Waals surface area contributed by atoms with E-state index >= 15 is 0 Å². The highest BCUT2D eigenvalue weighted by Gasteiger charge is 2.34. The summed E-state index contributed by atoms with van der Waals surface area (Å²) >= 11 is 0. The molecule has 0 aliphatic carbocycles. The molecule has 0 amide bonds. The van der Waals surface area contributed by atoms with E-state index < -0.39 is 14.9 Å². The van der Waals surface area contributed by atoms with Crippen molar-refractivity contribution in [1.29, 1.82) is 0 Å². The zero-order chi connectivity index (χ0) is 15.8. The number of hydrogen-bond acceptors (Lipinski definition) is 5. The number of nitro benzene ring substituents is 1. The Morgan fingerprint density at radius 2 is 1.91 bits per heavy atom. The zero-order valence-corrected chi connectivity index (χ0v) is 14.1. The highest BCUT2D eigenvalue weighted by atomic mass is 35.5. The first kappa shape index (κ1) is 18.8. The normalized spacial score (nSPS) is 19.5. The Morgan fingerprint density at radius 3 is 2.45 bits per heavy atom. The molecule has 22 heavy (non-hydrogen) atoms. The van der Waals surface area contributed by atoms with E-state index in [1.54, 1.807) is 13.8 Å². The summed E-state index contributed by atoms with van der Waals surface area (Å²) in [6, 6.07) is 2.47. The van der Waals surface area contributed by atoms with Crippen LogP contribution in [0.1, 0.15) is 24.0 Å². The van der Waals surface area contributed by atoms with E-state index in [9.17, 15) is 18.5 Å². The van der Waals surface area contributed by atoms with E-state index in [2.05, 4.69) is 0 Å². The highest BCUT2D eigenvalue weighted by Crippen LogP contribution is 2.30. The van der Waals surface area contributed by atoms with Crippen molar-refractivity contribution in [3.8, 4) is 0 Å². The first-order valence-electron chi connectivity index (χ1n) is 6.75. The molecule has 9 heteroatoms. The molecule has 1 heterocycles. The van der Waals surface area contributed by atoms with Crippen molar-refractivity contribution in [1.82, 2.24) is 4.31 Å². The number of nitrogens with zero attached hydrogens (tertiary/aromatic N) is 2. The molecule has 1 atom stereocenters. The standard InChI is InChI=1S/C13H19N3O4S.ClH/c1-9-6-12(16(17)18)13(7-10(9)2)21(19,20)15-5-3-4-11(14)8-15;/h6-7,11H,3-5,8,14H2,1-2H3;1H/t11-;/m1./s1. The number of hydrogen-bond donors (Lipinski definition) is 1. The minimum absolute atomic E-state index is 0. The molecular weight excluding hydrogens is 330 g/mol. The van der Waals surface area contributed by atoms with Crippen LogP contribution in [0.5, 0.6) is 0 Å². The lowest BCUT2D eigenvalue weighted by molar-refractivity contribution is -0.387. The van der Waals surface area contributed by atoms with Crippen molar-refractivity contribution in [2.75, 3.05) is 13.1 Å². The van der Waals surface area contributed by atoms with Gasteiger partial charge in [-0.2, -0.15) is 4.31 Å². The summed E-state index contributed by atoms with van der Waals surface area (Å²) in [6.07, 6.45) is 1.43. The zero-order valence-electron chi connectivity index (χ0n) is 12.5. The monoisotopic (exact) mass is 349 g/mol. The van der Waals surface area contributed by atoms with Gasteiger partial charge in [0.05, 0.1) is 4.92 Å². The molecule has 0 saturated carbocycles. The van der Waals surface area contributed by atoms with Gasteiger partial charge in [-0.25, -0.2) is 8.42 Å². The van der Waals surface area contributed by atoms with E-state index in [0.717, 1.165) is 6.42 Å². The number of aryl methyl sites for hydroxylation is 2. The summed E-state index contributed by atoms with van der Waals surface area (Å²) < 4.78 is 26.6. The Balaban J connectivity index is 0.00000242. The third-order valence-corrected chi connectivity index (χ3v) is 5.70. The predicted octanol–water partition coefficient (Wildman–Crippen LogP) is 1.75. The summed E-state index contributed by atoms with van der Waals surface area (Å²) in [4.78, 5) is 10.3. The number of nitro groups is 1. The molecule has 0 aromatic heterocycles. The molecule has 0 spiro atoms. The fourth-order valence-electron chi connectivity index (χ4n) is 2.46. The van der Waals surface area contributed by atoms with Gasteiger partial charge in [0, 0.05) is 25.2 Å². The van der Waals surface area contributed by atoms with Crippen LogP contribution in [-0.4, -0.2) is 36.8 Å². The molecule has 0 radical (unpaired) electrons. The maximum atomic E-state index is 12.7. The second-order valence-corrected chi connectivity index (χ2v) is 7.33. The highest BCUT2D eigenvalue weighted by molar-refractivity contribution is 7.89. The molecule has 1 aliphatic heterocycles. The molecule has 0 unspecified atom stereocenters. The average molecular weight is 350 g/mol. The van der Waals surface area contributed by atoms with Crippen molar-refractivity contribution in [3.63, 3.8) is 0 Å². The Bertz CT molecular complexity index is 678. The lowest BCUT2D eigenvalue weighted by atomic mass is 10.1. The molecule has 7 nitrogen and oxygen atoms in total. The van der Waals surface area contributed by atoms with Crippen LogP contribution >= 0.6 is 12.4 Å². The van der Waals surface area contributed by atoms with Gasteiger partial charge in [0.2, 0.25) is 10.0 Å². The summed E-state index contributed by atoms with van der Waals surface area (Å²) in [6.45, 7) is 4.00. The first-order chi connectivity index (χ1) is 9.73. The number of rotatable bonds is 3. The summed E-state index contributed by atoms with van der Waals surface area (Å²) in [5.41, 5.74) is 6.83. The minimum Gasteiger partial charge on any atom is -0.327 e. The Labute approximate surface area is 136 Å².